The molecule has 10 atom stereocenters. The first-order chi connectivity index (χ1) is 20.8. The Hall–Kier alpha value is 0.152. The van der Waals surface area contributed by atoms with Crippen LogP contribution in [0, 0.1) is 0 Å². The van der Waals surface area contributed by atoms with Crippen LogP contribution in [0.3, 0.4) is 0 Å². The van der Waals surface area contributed by atoms with Gasteiger partial charge in [0.1, 0.15) is 56.8 Å². The van der Waals surface area contributed by atoms with Crippen LogP contribution in [0.4, 0.5) is 0 Å². The molecule has 0 amide bonds. The standard InChI is InChI=1S/C15H27O8P.C13H25O7P.B.Li.H/c1-7-19-12(16)14(24(5,6)17)20-8-9-10-11(13(18-4)21-9)23-15(2,3)22-10;1-13(2)19-10-8(18-12(16-3)11(10)20-13)7-17-9(6-14)21(4,5)15;;;/h9-11,13-14H,7-8H2,1-6H3;8-12,14H,6-7H2,1-5H3;;;/q;;;+1;-1/t9-,10-,11-,13?,14?;8-,9?,10-,11-,12?;;;/m11.../s1. The SMILES string of the molecule is CCOC(=O)C(OC[C@H]1OC(OC)[C@@H]2OC(C)(C)O[C@H]12)P(C)(C)=O.COC1O[C@H](COC(CO)P(C)(C)=O)[C@H]2OC(C)(C)O[C@@H]12.[B].[H-].[Li+]. The van der Waals surface area contributed by atoms with Gasteiger partial charge in [0.15, 0.2) is 24.2 Å². The summed E-state index contributed by atoms with van der Waals surface area (Å²) in [7, 11) is -2.32. The molecule has 47 heavy (non-hydrogen) atoms. The molecule has 0 aliphatic carbocycles. The number of carbonyl (C=O) groups excluding carboxylic acids is 1. The van der Waals surface area contributed by atoms with Gasteiger partial charge in [0.05, 0.1) is 26.4 Å². The van der Waals surface area contributed by atoms with E-state index in [9.17, 15) is 19.0 Å². The fourth-order valence-electron chi connectivity index (χ4n) is 5.47. The van der Waals surface area contributed by atoms with Gasteiger partial charge in [-0.05, 0) is 61.3 Å². The Bertz CT molecular complexity index is 1100. The van der Waals surface area contributed by atoms with Gasteiger partial charge in [-0.1, -0.05) is 0 Å². The second-order valence-corrected chi connectivity index (χ2v) is 19.7. The average molecular weight is 709 g/mol. The van der Waals surface area contributed by atoms with Crippen molar-refractivity contribution in [2.75, 3.05) is 67.3 Å². The van der Waals surface area contributed by atoms with Crippen LogP contribution in [0.1, 0.15) is 36.0 Å². The van der Waals surface area contributed by atoms with Crippen LogP contribution in [0.5, 0.6) is 0 Å². The number of aliphatic hydroxyl groups excluding tert-OH is 1. The zero-order chi connectivity index (χ0) is 34.0. The second-order valence-electron chi connectivity index (χ2n) is 13.0. The summed E-state index contributed by atoms with van der Waals surface area (Å²) in [4.78, 5) is 12.0. The first-order valence-electron chi connectivity index (χ1n) is 14.9. The number of ether oxygens (including phenoxy) is 11. The second kappa shape index (κ2) is 18.1. The number of fused-ring (bicyclic) bond motifs is 2. The Balaban J connectivity index is 0.000000873. The molecule has 4 fully saturated rings. The third-order valence-corrected chi connectivity index (χ3v) is 10.6. The molecular formula is C28H53BLiO15P2. The Morgan fingerprint density at radius 1 is 0.787 bits per heavy atom. The topological polar surface area (TPSA) is 173 Å². The molecule has 0 aromatic rings. The molecular weight excluding hydrogens is 656 g/mol. The Kier molecular flexibility index (Phi) is 17.4. The molecule has 4 rings (SSSR count). The molecule has 4 aliphatic rings. The number of hydrogen-bond acceptors (Lipinski definition) is 15. The minimum atomic E-state index is -2.85. The Labute approximate surface area is 293 Å². The Morgan fingerprint density at radius 2 is 1.19 bits per heavy atom. The summed E-state index contributed by atoms with van der Waals surface area (Å²) in [6, 6.07) is 0. The maximum Gasteiger partial charge on any atom is 1.00 e. The molecule has 269 valence electrons. The first-order valence-corrected chi connectivity index (χ1v) is 20.3. The molecule has 4 heterocycles. The molecule has 4 unspecified atom stereocenters. The van der Waals surface area contributed by atoms with Crippen LogP contribution in [0.25, 0.3) is 0 Å². The monoisotopic (exact) mass is 709 g/mol. The molecule has 0 bridgehead atoms. The van der Waals surface area contributed by atoms with Crippen molar-refractivity contribution in [2.24, 2.45) is 0 Å². The quantitative estimate of drug-likeness (QED) is 0.140. The Morgan fingerprint density at radius 3 is 1.53 bits per heavy atom. The fourth-order valence-corrected chi connectivity index (χ4v) is 7.33. The van der Waals surface area contributed by atoms with Crippen molar-refractivity contribution in [3.63, 3.8) is 0 Å². The number of esters is 1. The van der Waals surface area contributed by atoms with Gasteiger partial charge in [-0.25, -0.2) is 4.79 Å². The van der Waals surface area contributed by atoms with Gasteiger partial charge in [-0.2, -0.15) is 0 Å². The van der Waals surface area contributed by atoms with Gasteiger partial charge < -0.3 is 67.8 Å². The van der Waals surface area contributed by atoms with Crippen LogP contribution in [-0.4, -0.2) is 159 Å². The van der Waals surface area contributed by atoms with Gasteiger partial charge in [0, 0.05) is 22.6 Å². The van der Waals surface area contributed by atoms with E-state index in [2.05, 4.69) is 0 Å². The fraction of sp³-hybridized carbons (Fsp3) is 0.964. The molecule has 3 radical (unpaired) electrons. The van der Waals surface area contributed by atoms with Gasteiger partial charge in [0.25, 0.3) is 0 Å². The number of aliphatic hydroxyl groups is 1. The zero-order valence-corrected chi connectivity index (χ0v) is 31.5. The van der Waals surface area contributed by atoms with Gasteiger partial charge in [-0.15, -0.1) is 0 Å². The molecule has 0 aromatic heterocycles. The third-order valence-electron chi connectivity index (χ3n) is 7.45. The van der Waals surface area contributed by atoms with Crippen molar-refractivity contribution in [1.82, 2.24) is 0 Å². The average Bonchev–Trinajstić information content (AvgIpc) is 3.60. The summed E-state index contributed by atoms with van der Waals surface area (Å²) < 4.78 is 85.7. The van der Waals surface area contributed by atoms with Gasteiger partial charge >= 0.3 is 24.8 Å². The van der Waals surface area contributed by atoms with E-state index >= 15 is 0 Å². The van der Waals surface area contributed by atoms with E-state index in [0.29, 0.717) is 0 Å². The van der Waals surface area contributed by atoms with Crippen LogP contribution >= 0.6 is 14.3 Å². The number of rotatable bonds is 13. The number of hydrogen-bond donors (Lipinski definition) is 1. The van der Waals surface area contributed by atoms with Crippen LogP contribution < -0.4 is 18.9 Å². The largest absolute Gasteiger partial charge is 1.00 e. The normalized spacial score (nSPS) is 33.4. The molecule has 19 heteroatoms. The van der Waals surface area contributed by atoms with E-state index in [1.807, 2.05) is 27.7 Å². The summed E-state index contributed by atoms with van der Waals surface area (Å²) in [5.41, 5.74) is 0. The van der Waals surface area contributed by atoms with Crippen molar-refractivity contribution < 1.29 is 91.4 Å². The van der Waals surface area contributed by atoms with Crippen molar-refractivity contribution in [3.8, 4) is 0 Å². The van der Waals surface area contributed by atoms with Crippen LogP contribution in [-0.2, 0) is 66.0 Å². The van der Waals surface area contributed by atoms with Crippen molar-refractivity contribution in [1.29, 1.82) is 0 Å². The summed E-state index contributed by atoms with van der Waals surface area (Å²) in [6.45, 7) is 15.2. The summed E-state index contributed by atoms with van der Waals surface area (Å²) >= 11 is 0. The molecule has 0 saturated carbocycles. The van der Waals surface area contributed by atoms with Crippen molar-refractivity contribution in [3.05, 3.63) is 0 Å². The first kappa shape index (κ1) is 45.2. The van der Waals surface area contributed by atoms with E-state index in [-0.39, 0.29) is 85.6 Å². The van der Waals surface area contributed by atoms with Crippen molar-refractivity contribution in [2.45, 2.75) is 107 Å². The number of methoxy groups -OCH3 is 2. The van der Waals surface area contributed by atoms with E-state index in [0.717, 1.165) is 0 Å². The van der Waals surface area contributed by atoms with Crippen LogP contribution in [0.2, 0.25) is 0 Å². The smallest absolute Gasteiger partial charge is 1.00 e. The third kappa shape index (κ3) is 11.8. The van der Waals surface area contributed by atoms with E-state index in [4.69, 9.17) is 52.1 Å². The molecule has 0 aromatic carbocycles. The summed E-state index contributed by atoms with van der Waals surface area (Å²) in [5.74, 6) is -3.91. The maximum atomic E-state index is 12.3. The minimum Gasteiger partial charge on any atom is -1.00 e. The van der Waals surface area contributed by atoms with E-state index in [1.165, 1.54) is 20.4 Å². The number of carbonyl (C=O) groups is 1. The molecule has 15 nitrogen and oxygen atoms in total. The minimum absolute atomic E-state index is 0. The predicted octanol–water partition coefficient (Wildman–Crippen LogP) is -1.02. The van der Waals surface area contributed by atoms with Gasteiger partial charge in [0.2, 0.25) is 5.85 Å². The van der Waals surface area contributed by atoms with Crippen molar-refractivity contribution >= 4 is 28.7 Å². The van der Waals surface area contributed by atoms with E-state index < -0.39 is 62.2 Å². The predicted molar refractivity (Wildman–Crippen MR) is 168 cm³/mol. The summed E-state index contributed by atoms with van der Waals surface area (Å²) in [6.07, 6.45) is -3.38. The molecule has 1 N–H and O–H groups in total. The summed E-state index contributed by atoms with van der Waals surface area (Å²) in [5, 5.41) is 9.29. The van der Waals surface area contributed by atoms with E-state index in [1.54, 1.807) is 27.4 Å². The maximum absolute atomic E-state index is 12.3. The molecule has 4 saturated heterocycles. The molecule has 4 aliphatic heterocycles. The van der Waals surface area contributed by atoms with Crippen LogP contribution in [0.15, 0.2) is 0 Å². The molecule has 0 spiro atoms. The zero-order valence-electron chi connectivity index (χ0n) is 30.7. The van der Waals surface area contributed by atoms with Gasteiger partial charge in [-0.3, -0.25) is 0 Å².